The second-order valence-corrected chi connectivity index (χ2v) is 7.83. The van der Waals surface area contributed by atoms with Gasteiger partial charge in [0.25, 0.3) is 0 Å². The maximum Gasteiger partial charge on any atom is 0.230 e. The number of imidazole rings is 1. The van der Waals surface area contributed by atoms with Crippen molar-refractivity contribution < 1.29 is 9.32 Å². The van der Waals surface area contributed by atoms with Gasteiger partial charge in [-0.25, -0.2) is 4.98 Å². The molecular formula is C23H23N7O2. The Labute approximate surface area is 185 Å². The second-order valence-electron chi connectivity index (χ2n) is 7.83. The van der Waals surface area contributed by atoms with Crippen LogP contribution in [0.4, 0.5) is 11.6 Å². The molecule has 162 valence electrons. The molecule has 1 aromatic carbocycles. The summed E-state index contributed by atoms with van der Waals surface area (Å²) in [5.74, 6) is 3.16. The van der Waals surface area contributed by atoms with E-state index in [0.717, 1.165) is 36.6 Å². The molecule has 1 aliphatic rings. The summed E-state index contributed by atoms with van der Waals surface area (Å²) >= 11 is 0. The number of hydrogen-bond acceptors (Lipinski definition) is 7. The van der Waals surface area contributed by atoms with Gasteiger partial charge in [-0.15, -0.1) is 10.2 Å². The molecule has 1 amide bonds. The molecule has 1 saturated heterocycles. The first-order valence-corrected chi connectivity index (χ1v) is 10.6. The fourth-order valence-electron chi connectivity index (χ4n) is 3.96. The third-order valence-corrected chi connectivity index (χ3v) is 5.55. The summed E-state index contributed by atoms with van der Waals surface area (Å²) in [7, 11) is 0. The van der Waals surface area contributed by atoms with Crippen molar-refractivity contribution in [1.82, 2.24) is 24.9 Å². The van der Waals surface area contributed by atoms with E-state index in [1.54, 1.807) is 19.2 Å². The van der Waals surface area contributed by atoms with Crippen molar-refractivity contribution in [2.24, 2.45) is 5.92 Å². The Kier molecular flexibility index (Phi) is 5.37. The van der Waals surface area contributed by atoms with E-state index >= 15 is 0 Å². The van der Waals surface area contributed by atoms with Crippen LogP contribution in [-0.2, 0) is 4.79 Å². The lowest BCUT2D eigenvalue weighted by Gasteiger charge is -2.32. The Morgan fingerprint density at radius 2 is 1.94 bits per heavy atom. The van der Waals surface area contributed by atoms with Crippen LogP contribution in [0.15, 0.2) is 65.4 Å². The number of hydrogen-bond donors (Lipinski definition) is 1. The third-order valence-electron chi connectivity index (χ3n) is 5.55. The van der Waals surface area contributed by atoms with E-state index < -0.39 is 0 Å². The van der Waals surface area contributed by atoms with E-state index in [1.165, 1.54) is 0 Å². The lowest BCUT2D eigenvalue weighted by atomic mass is 9.97. The second kappa shape index (κ2) is 8.62. The first-order chi connectivity index (χ1) is 15.7. The molecule has 1 fully saturated rings. The van der Waals surface area contributed by atoms with Crippen molar-refractivity contribution >= 4 is 17.5 Å². The number of nitrogens with zero attached hydrogens (tertiary/aromatic N) is 6. The van der Waals surface area contributed by atoms with Gasteiger partial charge in [-0.2, -0.15) is 0 Å². The SMILES string of the molecule is Cc1cc(NC(=O)C2CCCN(c3ccc(-n4ccnc4-c4ccccc4)nn3)C2)no1. The van der Waals surface area contributed by atoms with Gasteiger partial charge in [0.2, 0.25) is 5.91 Å². The summed E-state index contributed by atoms with van der Waals surface area (Å²) in [5, 5.41) is 15.6. The first kappa shape index (κ1) is 19.9. The third kappa shape index (κ3) is 4.09. The number of amides is 1. The average Bonchev–Trinajstić information content (AvgIpc) is 3.49. The first-order valence-electron chi connectivity index (χ1n) is 10.6. The quantitative estimate of drug-likeness (QED) is 0.518. The van der Waals surface area contributed by atoms with E-state index in [2.05, 4.69) is 30.6 Å². The number of carbonyl (C=O) groups excluding carboxylic acids is 1. The molecule has 0 saturated carbocycles. The van der Waals surface area contributed by atoms with Gasteiger partial charge in [0.1, 0.15) is 11.6 Å². The molecule has 4 aromatic rings. The molecule has 0 spiro atoms. The molecule has 0 radical (unpaired) electrons. The molecule has 4 heterocycles. The van der Waals surface area contributed by atoms with Crippen molar-refractivity contribution in [2.75, 3.05) is 23.3 Å². The van der Waals surface area contributed by atoms with Crippen LogP contribution in [0.5, 0.6) is 0 Å². The Bertz CT molecular complexity index is 1200. The number of benzene rings is 1. The molecule has 1 unspecified atom stereocenters. The van der Waals surface area contributed by atoms with Crippen LogP contribution in [0, 0.1) is 12.8 Å². The Hall–Kier alpha value is -4.01. The van der Waals surface area contributed by atoms with Gasteiger partial charge in [-0.3, -0.25) is 9.36 Å². The minimum atomic E-state index is -0.152. The van der Waals surface area contributed by atoms with Crippen LogP contribution in [0.3, 0.4) is 0 Å². The van der Waals surface area contributed by atoms with Gasteiger partial charge in [0.15, 0.2) is 17.5 Å². The minimum absolute atomic E-state index is 0.0569. The predicted octanol–water partition coefficient (Wildman–Crippen LogP) is 3.48. The zero-order valence-electron chi connectivity index (χ0n) is 17.7. The van der Waals surface area contributed by atoms with Crippen LogP contribution in [-0.4, -0.2) is 43.9 Å². The van der Waals surface area contributed by atoms with Crippen molar-refractivity contribution in [2.45, 2.75) is 19.8 Å². The highest BCUT2D eigenvalue weighted by atomic mass is 16.5. The van der Waals surface area contributed by atoms with E-state index in [9.17, 15) is 4.79 Å². The molecule has 5 rings (SSSR count). The number of nitrogens with one attached hydrogen (secondary N) is 1. The maximum atomic E-state index is 12.7. The van der Waals surface area contributed by atoms with Gasteiger partial charge < -0.3 is 14.7 Å². The number of anilines is 2. The largest absolute Gasteiger partial charge is 0.360 e. The summed E-state index contributed by atoms with van der Waals surface area (Å²) in [6.45, 7) is 3.21. The number of aromatic nitrogens is 5. The fraction of sp³-hybridized carbons (Fsp3) is 0.261. The highest BCUT2D eigenvalue weighted by Crippen LogP contribution is 2.24. The molecule has 1 atom stereocenters. The monoisotopic (exact) mass is 429 g/mol. The molecule has 32 heavy (non-hydrogen) atoms. The van der Waals surface area contributed by atoms with Gasteiger partial charge in [0, 0.05) is 37.1 Å². The molecule has 9 heteroatoms. The normalized spacial score (nSPS) is 16.2. The zero-order valence-corrected chi connectivity index (χ0v) is 17.7. The van der Waals surface area contributed by atoms with Crippen molar-refractivity contribution in [1.29, 1.82) is 0 Å². The van der Waals surface area contributed by atoms with Gasteiger partial charge in [-0.1, -0.05) is 35.5 Å². The summed E-state index contributed by atoms with van der Waals surface area (Å²) in [5.41, 5.74) is 1.01. The van der Waals surface area contributed by atoms with Crippen LogP contribution >= 0.6 is 0 Å². The number of carbonyl (C=O) groups is 1. The zero-order chi connectivity index (χ0) is 21.9. The van der Waals surface area contributed by atoms with E-state index in [1.807, 2.05) is 53.2 Å². The fourth-order valence-corrected chi connectivity index (χ4v) is 3.96. The number of rotatable bonds is 5. The molecule has 1 aliphatic heterocycles. The summed E-state index contributed by atoms with van der Waals surface area (Å²) in [6, 6.07) is 15.6. The smallest absolute Gasteiger partial charge is 0.230 e. The van der Waals surface area contributed by atoms with Crippen molar-refractivity contribution in [3.05, 3.63) is 66.7 Å². The molecule has 0 aliphatic carbocycles. The minimum Gasteiger partial charge on any atom is -0.360 e. The van der Waals surface area contributed by atoms with E-state index in [-0.39, 0.29) is 11.8 Å². The van der Waals surface area contributed by atoms with Gasteiger partial charge in [-0.05, 0) is 31.9 Å². The highest BCUT2D eigenvalue weighted by molar-refractivity contribution is 5.92. The Balaban J connectivity index is 1.29. The van der Waals surface area contributed by atoms with Gasteiger partial charge in [0.05, 0.1) is 5.92 Å². The molecule has 1 N–H and O–H groups in total. The molecule has 3 aromatic heterocycles. The topological polar surface area (TPSA) is 102 Å². The van der Waals surface area contributed by atoms with Crippen LogP contribution in [0.1, 0.15) is 18.6 Å². The lowest BCUT2D eigenvalue weighted by molar-refractivity contribution is -0.120. The lowest BCUT2D eigenvalue weighted by Crippen LogP contribution is -2.41. The van der Waals surface area contributed by atoms with E-state index in [0.29, 0.717) is 23.9 Å². The summed E-state index contributed by atoms with van der Waals surface area (Å²) < 4.78 is 6.94. The Morgan fingerprint density at radius 3 is 2.69 bits per heavy atom. The average molecular weight is 429 g/mol. The Morgan fingerprint density at radius 1 is 1.12 bits per heavy atom. The highest BCUT2D eigenvalue weighted by Gasteiger charge is 2.27. The maximum absolute atomic E-state index is 12.7. The molecule has 0 bridgehead atoms. The van der Waals surface area contributed by atoms with E-state index in [4.69, 9.17) is 4.52 Å². The van der Waals surface area contributed by atoms with Crippen molar-refractivity contribution in [3.63, 3.8) is 0 Å². The van der Waals surface area contributed by atoms with Crippen molar-refractivity contribution in [3.8, 4) is 17.2 Å². The van der Waals surface area contributed by atoms with Crippen LogP contribution in [0.2, 0.25) is 0 Å². The number of aryl methyl sites for hydroxylation is 1. The van der Waals surface area contributed by atoms with Crippen LogP contribution in [0.25, 0.3) is 17.2 Å². The predicted molar refractivity (Wildman–Crippen MR) is 119 cm³/mol. The van der Waals surface area contributed by atoms with Crippen LogP contribution < -0.4 is 10.2 Å². The summed E-state index contributed by atoms with van der Waals surface area (Å²) in [6.07, 6.45) is 5.35. The summed E-state index contributed by atoms with van der Waals surface area (Å²) in [4.78, 5) is 19.2. The molecular weight excluding hydrogens is 406 g/mol. The number of piperidine rings is 1. The standard InChI is InChI=1S/C23H23N7O2/c1-16-14-19(28-32-16)25-23(31)18-8-5-12-29(15-18)20-9-10-21(27-26-20)30-13-11-24-22(30)17-6-3-2-4-7-17/h2-4,6-7,9-11,13-14,18H,5,8,12,15H2,1H3,(H,25,28,31). The molecule has 9 nitrogen and oxygen atoms in total. The van der Waals surface area contributed by atoms with Gasteiger partial charge >= 0.3 is 0 Å².